The fraction of sp³-hybridized carbons (Fsp3) is 0.312. The summed E-state index contributed by atoms with van der Waals surface area (Å²) in [4.78, 5) is 6.36. The van der Waals surface area contributed by atoms with Crippen molar-refractivity contribution in [3.63, 3.8) is 0 Å². The first-order valence-corrected chi connectivity index (χ1v) is 9.36. The highest BCUT2D eigenvalue weighted by Crippen LogP contribution is 2.23. The van der Waals surface area contributed by atoms with Crippen molar-refractivity contribution >= 4 is 33.1 Å². The lowest BCUT2D eigenvalue weighted by Crippen LogP contribution is -2.16. The van der Waals surface area contributed by atoms with Crippen LogP contribution in [-0.4, -0.2) is 45.5 Å². The van der Waals surface area contributed by atoms with Gasteiger partial charge in [-0.3, -0.25) is 4.72 Å². The van der Waals surface area contributed by atoms with Crippen LogP contribution in [0.3, 0.4) is 0 Å². The van der Waals surface area contributed by atoms with Gasteiger partial charge in [0.25, 0.3) is 10.0 Å². The zero-order valence-electron chi connectivity index (χ0n) is 13.7. The smallest absolute Gasteiger partial charge is 0.263 e. The normalized spacial score (nSPS) is 11.5. The van der Waals surface area contributed by atoms with Crippen molar-refractivity contribution in [3.05, 3.63) is 47.6 Å². The predicted molar refractivity (Wildman–Crippen MR) is 98.2 cm³/mol. The van der Waals surface area contributed by atoms with E-state index in [0.717, 1.165) is 19.5 Å². The Bertz CT molecular complexity index is 764. The van der Waals surface area contributed by atoms with Gasteiger partial charge in [-0.25, -0.2) is 13.4 Å². The predicted octanol–water partition coefficient (Wildman–Crippen LogP) is 2.90. The number of benzene rings is 1. The second kappa shape index (κ2) is 8.32. The minimum absolute atomic E-state index is 0.0394. The summed E-state index contributed by atoms with van der Waals surface area (Å²) in [5, 5.41) is 3.37. The Balaban J connectivity index is 1.97. The van der Waals surface area contributed by atoms with Crippen molar-refractivity contribution < 1.29 is 8.42 Å². The molecular formula is C16H21ClN4O2S. The van der Waals surface area contributed by atoms with Crippen molar-refractivity contribution in [2.45, 2.75) is 11.3 Å². The van der Waals surface area contributed by atoms with E-state index < -0.39 is 10.0 Å². The van der Waals surface area contributed by atoms with Crippen molar-refractivity contribution in [1.29, 1.82) is 0 Å². The quantitative estimate of drug-likeness (QED) is 0.701. The van der Waals surface area contributed by atoms with Crippen molar-refractivity contribution in [3.8, 4) is 0 Å². The Kier molecular flexibility index (Phi) is 6.42. The molecule has 0 bridgehead atoms. The van der Waals surface area contributed by atoms with Gasteiger partial charge >= 0.3 is 0 Å². The fourth-order valence-corrected chi connectivity index (χ4v) is 3.61. The molecule has 0 amide bonds. The molecule has 0 aliphatic rings. The van der Waals surface area contributed by atoms with Gasteiger partial charge in [-0.1, -0.05) is 23.7 Å². The van der Waals surface area contributed by atoms with E-state index in [1.807, 2.05) is 14.1 Å². The molecule has 0 saturated carbocycles. The van der Waals surface area contributed by atoms with E-state index in [2.05, 4.69) is 19.9 Å². The second-order valence-electron chi connectivity index (χ2n) is 5.55. The fourth-order valence-electron chi connectivity index (χ4n) is 2.04. The molecule has 0 fully saturated rings. The minimum atomic E-state index is -3.74. The molecule has 130 valence electrons. The van der Waals surface area contributed by atoms with Crippen LogP contribution in [0, 0.1) is 0 Å². The van der Waals surface area contributed by atoms with E-state index in [-0.39, 0.29) is 9.92 Å². The summed E-state index contributed by atoms with van der Waals surface area (Å²) in [6.07, 6.45) is 2.47. The molecule has 0 saturated heterocycles. The number of nitrogens with zero attached hydrogens (tertiary/aromatic N) is 2. The molecule has 0 unspecified atom stereocenters. The minimum Gasteiger partial charge on any atom is -0.370 e. The molecule has 0 aliphatic heterocycles. The Morgan fingerprint density at radius 3 is 2.54 bits per heavy atom. The lowest BCUT2D eigenvalue weighted by Gasteiger charge is -2.11. The van der Waals surface area contributed by atoms with Gasteiger partial charge in [-0.05, 0) is 51.3 Å². The number of halogens is 1. The molecule has 1 aromatic heterocycles. The third kappa shape index (κ3) is 5.36. The van der Waals surface area contributed by atoms with Crippen molar-refractivity contribution in [2.75, 3.05) is 37.2 Å². The van der Waals surface area contributed by atoms with Gasteiger partial charge in [0.1, 0.15) is 10.7 Å². The highest BCUT2D eigenvalue weighted by Gasteiger charge is 2.17. The maximum absolute atomic E-state index is 12.3. The average molecular weight is 369 g/mol. The Hall–Kier alpha value is -1.83. The van der Waals surface area contributed by atoms with Crippen molar-refractivity contribution in [1.82, 2.24) is 9.88 Å². The summed E-state index contributed by atoms with van der Waals surface area (Å²) >= 11 is 5.95. The molecule has 2 aromatic rings. The van der Waals surface area contributed by atoms with E-state index in [1.165, 1.54) is 18.3 Å². The molecule has 0 atom stereocenters. The molecule has 0 spiro atoms. The monoisotopic (exact) mass is 368 g/mol. The lowest BCUT2D eigenvalue weighted by atomic mass is 10.4. The summed E-state index contributed by atoms with van der Waals surface area (Å²) < 4.78 is 27.2. The zero-order valence-corrected chi connectivity index (χ0v) is 15.2. The van der Waals surface area contributed by atoms with Crippen LogP contribution in [0.1, 0.15) is 6.42 Å². The molecule has 1 heterocycles. The van der Waals surface area contributed by atoms with E-state index in [1.54, 1.807) is 24.3 Å². The summed E-state index contributed by atoms with van der Waals surface area (Å²) in [5.74, 6) is 0.703. The van der Waals surface area contributed by atoms with Gasteiger partial charge in [-0.2, -0.15) is 0 Å². The number of rotatable bonds is 8. The first-order chi connectivity index (χ1) is 11.4. The number of anilines is 2. The van der Waals surface area contributed by atoms with Gasteiger partial charge in [0.15, 0.2) is 0 Å². The second-order valence-corrected chi connectivity index (χ2v) is 7.61. The van der Waals surface area contributed by atoms with Crippen molar-refractivity contribution in [2.24, 2.45) is 0 Å². The third-order valence-corrected chi connectivity index (χ3v) is 5.11. The van der Waals surface area contributed by atoms with E-state index in [0.29, 0.717) is 11.5 Å². The molecule has 24 heavy (non-hydrogen) atoms. The van der Waals surface area contributed by atoms with Crippen LogP contribution < -0.4 is 10.0 Å². The topological polar surface area (TPSA) is 74.3 Å². The molecule has 0 aliphatic carbocycles. The van der Waals surface area contributed by atoms with Crippen LogP contribution in [0.2, 0.25) is 5.02 Å². The molecule has 8 heteroatoms. The van der Waals surface area contributed by atoms with Crippen LogP contribution in [-0.2, 0) is 10.0 Å². The summed E-state index contributed by atoms with van der Waals surface area (Å²) in [7, 11) is 0.317. The van der Waals surface area contributed by atoms with Crippen LogP contribution in [0.5, 0.6) is 0 Å². The largest absolute Gasteiger partial charge is 0.370 e. The summed E-state index contributed by atoms with van der Waals surface area (Å²) in [6.45, 7) is 1.79. The molecular weight excluding hydrogens is 348 g/mol. The van der Waals surface area contributed by atoms with Crippen LogP contribution in [0.25, 0.3) is 0 Å². The van der Waals surface area contributed by atoms with Gasteiger partial charge in [0.2, 0.25) is 0 Å². The standard InChI is InChI=1S/C16H21ClN4O2S/c1-21(2)11-5-10-18-16-9-8-13(12-19-16)20-24(22,23)15-7-4-3-6-14(15)17/h3-4,6-9,12,20H,5,10-11H2,1-2H3,(H,18,19). The van der Waals surface area contributed by atoms with Crippen LogP contribution in [0.4, 0.5) is 11.5 Å². The van der Waals surface area contributed by atoms with E-state index >= 15 is 0 Å². The maximum atomic E-state index is 12.3. The number of sulfonamides is 1. The Morgan fingerprint density at radius 1 is 1.17 bits per heavy atom. The summed E-state index contributed by atoms with van der Waals surface area (Å²) in [5.41, 5.74) is 0.383. The number of hydrogen-bond donors (Lipinski definition) is 2. The first-order valence-electron chi connectivity index (χ1n) is 7.50. The van der Waals surface area contributed by atoms with E-state index in [4.69, 9.17) is 11.6 Å². The highest BCUT2D eigenvalue weighted by molar-refractivity contribution is 7.92. The number of hydrogen-bond acceptors (Lipinski definition) is 5. The van der Waals surface area contributed by atoms with Gasteiger partial charge in [0.05, 0.1) is 16.9 Å². The maximum Gasteiger partial charge on any atom is 0.263 e. The number of nitrogens with one attached hydrogen (secondary N) is 2. The molecule has 0 radical (unpaired) electrons. The SMILES string of the molecule is CN(C)CCCNc1ccc(NS(=O)(=O)c2ccccc2Cl)cn1. The summed E-state index contributed by atoms with van der Waals surface area (Å²) in [6, 6.07) is 9.70. The van der Waals surface area contributed by atoms with Gasteiger partial charge in [-0.15, -0.1) is 0 Å². The third-order valence-electron chi connectivity index (χ3n) is 3.23. The van der Waals surface area contributed by atoms with Gasteiger partial charge in [0, 0.05) is 6.54 Å². The Morgan fingerprint density at radius 2 is 1.92 bits per heavy atom. The Labute approximate surface area is 147 Å². The molecule has 6 nitrogen and oxygen atoms in total. The first kappa shape index (κ1) is 18.5. The van der Waals surface area contributed by atoms with Crippen LogP contribution in [0.15, 0.2) is 47.5 Å². The lowest BCUT2D eigenvalue weighted by molar-refractivity contribution is 0.405. The highest BCUT2D eigenvalue weighted by atomic mass is 35.5. The zero-order chi connectivity index (χ0) is 17.6. The van der Waals surface area contributed by atoms with Crippen LogP contribution >= 0.6 is 11.6 Å². The van der Waals surface area contributed by atoms with E-state index in [9.17, 15) is 8.42 Å². The number of aromatic nitrogens is 1. The molecule has 1 aromatic carbocycles. The van der Waals surface area contributed by atoms with Gasteiger partial charge < -0.3 is 10.2 Å². The average Bonchev–Trinajstić information content (AvgIpc) is 2.53. The number of pyridine rings is 1. The molecule has 2 N–H and O–H groups in total. The molecule has 2 rings (SSSR count).